The monoisotopic (exact) mass is 485 g/mol. The standard InChI is InChI=1S/C21H14F5NO3S.C2H6/c1-11(18-14(22)4-3-5-15(18)23)27-12-6-8-13(9-7-12)30-16-10-17(21(24,25)26)31-19(16)20(28)29-2;1-2/h3-10,27H,1H2,2H3;1-2H3. The van der Waals surface area contributed by atoms with Gasteiger partial charge in [-0.2, -0.15) is 13.2 Å². The van der Waals surface area contributed by atoms with E-state index < -0.39 is 28.7 Å². The zero-order chi connectivity index (χ0) is 24.8. The fourth-order valence-corrected chi connectivity index (χ4v) is 3.45. The quantitative estimate of drug-likeness (QED) is 0.287. The molecule has 1 aromatic heterocycles. The highest BCUT2D eigenvalue weighted by molar-refractivity contribution is 7.14. The molecule has 1 heterocycles. The van der Waals surface area contributed by atoms with Crippen LogP contribution in [0.5, 0.6) is 11.5 Å². The molecule has 33 heavy (non-hydrogen) atoms. The largest absolute Gasteiger partial charge is 0.465 e. The van der Waals surface area contributed by atoms with Crippen molar-refractivity contribution in [3.8, 4) is 11.5 Å². The van der Waals surface area contributed by atoms with Crippen LogP contribution in [-0.4, -0.2) is 13.1 Å². The number of ether oxygens (including phenoxy) is 2. The summed E-state index contributed by atoms with van der Waals surface area (Å²) in [7, 11) is 1.05. The molecule has 0 bridgehead atoms. The number of thiophene rings is 1. The third kappa shape index (κ3) is 6.32. The zero-order valence-corrected chi connectivity index (χ0v) is 18.7. The molecule has 0 atom stereocenters. The van der Waals surface area contributed by atoms with Gasteiger partial charge in [-0.15, -0.1) is 11.3 Å². The van der Waals surface area contributed by atoms with Crippen molar-refractivity contribution in [3.63, 3.8) is 0 Å². The summed E-state index contributed by atoms with van der Waals surface area (Å²) in [6.45, 7) is 7.62. The average Bonchev–Trinajstić information content (AvgIpc) is 3.20. The maximum Gasteiger partial charge on any atom is 0.425 e. The van der Waals surface area contributed by atoms with Crippen molar-refractivity contribution in [2.45, 2.75) is 20.0 Å². The first-order valence-corrected chi connectivity index (χ1v) is 10.4. The highest BCUT2D eigenvalue weighted by Gasteiger charge is 2.36. The summed E-state index contributed by atoms with van der Waals surface area (Å²) >= 11 is 0.211. The summed E-state index contributed by atoms with van der Waals surface area (Å²) < 4.78 is 76.6. The first-order valence-electron chi connectivity index (χ1n) is 9.57. The highest BCUT2D eigenvalue weighted by atomic mass is 32.1. The molecular formula is C23H20F5NO3S. The number of esters is 1. The molecule has 0 saturated heterocycles. The van der Waals surface area contributed by atoms with Gasteiger partial charge in [0, 0.05) is 17.5 Å². The topological polar surface area (TPSA) is 47.6 Å². The van der Waals surface area contributed by atoms with E-state index in [4.69, 9.17) is 4.74 Å². The molecule has 4 nitrogen and oxygen atoms in total. The van der Waals surface area contributed by atoms with Crippen LogP contribution >= 0.6 is 11.3 Å². The Morgan fingerprint density at radius 3 is 2.12 bits per heavy atom. The minimum absolute atomic E-state index is 0.0232. The van der Waals surface area contributed by atoms with E-state index in [0.29, 0.717) is 11.8 Å². The van der Waals surface area contributed by atoms with Gasteiger partial charge in [0.2, 0.25) is 0 Å². The summed E-state index contributed by atoms with van der Waals surface area (Å²) in [6, 6.07) is 9.87. The van der Waals surface area contributed by atoms with Crippen LogP contribution in [0.15, 0.2) is 55.1 Å². The van der Waals surface area contributed by atoms with Crippen LogP contribution in [0.2, 0.25) is 0 Å². The smallest absolute Gasteiger partial charge is 0.425 e. The molecule has 2 aromatic carbocycles. The van der Waals surface area contributed by atoms with Gasteiger partial charge < -0.3 is 14.8 Å². The molecule has 0 fully saturated rings. The Morgan fingerprint density at radius 1 is 1.03 bits per heavy atom. The number of alkyl halides is 3. The van der Waals surface area contributed by atoms with Crippen LogP contribution in [0.4, 0.5) is 27.6 Å². The van der Waals surface area contributed by atoms with Crippen LogP contribution in [0.1, 0.15) is 34.0 Å². The molecule has 0 spiro atoms. The molecule has 0 unspecified atom stereocenters. The third-order valence-electron chi connectivity index (χ3n) is 3.99. The molecule has 0 radical (unpaired) electrons. The lowest BCUT2D eigenvalue weighted by atomic mass is 10.1. The number of anilines is 1. The molecule has 0 aliphatic heterocycles. The van der Waals surface area contributed by atoms with Gasteiger partial charge in [0.25, 0.3) is 0 Å². The molecule has 0 aliphatic rings. The minimum atomic E-state index is -4.65. The van der Waals surface area contributed by atoms with Gasteiger partial charge in [0.1, 0.15) is 22.3 Å². The lowest BCUT2D eigenvalue weighted by molar-refractivity contribution is -0.134. The highest BCUT2D eigenvalue weighted by Crippen LogP contribution is 2.42. The molecular weight excluding hydrogens is 465 g/mol. The number of carbonyl (C=O) groups excluding carboxylic acids is 1. The second-order valence-corrected chi connectivity index (χ2v) is 7.17. The van der Waals surface area contributed by atoms with Gasteiger partial charge in [-0.05, 0) is 36.4 Å². The predicted molar refractivity (Wildman–Crippen MR) is 118 cm³/mol. The van der Waals surface area contributed by atoms with Crippen molar-refractivity contribution in [2.24, 2.45) is 0 Å². The summed E-state index contributed by atoms with van der Waals surface area (Å²) in [6.07, 6.45) is -4.65. The van der Waals surface area contributed by atoms with Crippen LogP contribution in [0.3, 0.4) is 0 Å². The Kier molecular flexibility index (Phi) is 8.58. The van der Waals surface area contributed by atoms with E-state index >= 15 is 0 Å². The number of carbonyl (C=O) groups is 1. The maximum atomic E-state index is 13.9. The second-order valence-electron chi connectivity index (χ2n) is 6.12. The first-order chi connectivity index (χ1) is 15.6. The van der Waals surface area contributed by atoms with Gasteiger partial charge in [-0.3, -0.25) is 0 Å². The summed E-state index contributed by atoms with van der Waals surface area (Å²) in [5.41, 5.74) is 0.0582. The molecule has 0 aliphatic carbocycles. The van der Waals surface area contributed by atoms with Crippen molar-refractivity contribution in [2.75, 3.05) is 12.4 Å². The number of methoxy groups -OCH3 is 1. The van der Waals surface area contributed by atoms with Crippen molar-refractivity contribution >= 4 is 28.7 Å². The van der Waals surface area contributed by atoms with Crippen LogP contribution in [-0.2, 0) is 10.9 Å². The van der Waals surface area contributed by atoms with E-state index in [1.54, 1.807) is 0 Å². The molecule has 0 amide bonds. The van der Waals surface area contributed by atoms with Crippen molar-refractivity contribution in [1.29, 1.82) is 0 Å². The normalized spacial score (nSPS) is 10.7. The number of nitrogens with one attached hydrogen (secondary N) is 1. The SMILES string of the molecule is C=C(Nc1ccc(Oc2cc(C(F)(F)F)sc2C(=O)OC)cc1)c1c(F)cccc1F.CC. The Balaban J connectivity index is 0.00000187. The Hall–Kier alpha value is -3.40. The molecule has 0 saturated carbocycles. The van der Waals surface area contributed by atoms with E-state index in [0.717, 1.165) is 19.2 Å². The van der Waals surface area contributed by atoms with E-state index in [9.17, 15) is 26.7 Å². The minimum Gasteiger partial charge on any atom is -0.465 e. The van der Waals surface area contributed by atoms with E-state index in [2.05, 4.69) is 16.6 Å². The number of halogens is 5. The average molecular weight is 485 g/mol. The van der Waals surface area contributed by atoms with Crippen molar-refractivity contribution in [1.82, 2.24) is 0 Å². The Labute approximate surface area is 191 Å². The zero-order valence-electron chi connectivity index (χ0n) is 17.8. The van der Waals surface area contributed by atoms with Crippen molar-refractivity contribution in [3.05, 3.63) is 82.1 Å². The van der Waals surface area contributed by atoms with Gasteiger partial charge in [0.15, 0.2) is 10.6 Å². The fraction of sp³-hybridized carbons (Fsp3) is 0.174. The van der Waals surface area contributed by atoms with Gasteiger partial charge >= 0.3 is 12.1 Å². The third-order valence-corrected chi connectivity index (χ3v) is 5.13. The molecule has 1 N–H and O–H groups in total. The summed E-state index contributed by atoms with van der Waals surface area (Å²) in [4.78, 5) is 10.4. The summed E-state index contributed by atoms with van der Waals surface area (Å²) in [5.74, 6) is -2.71. The van der Waals surface area contributed by atoms with Crippen LogP contribution in [0, 0.1) is 11.6 Å². The maximum absolute atomic E-state index is 13.9. The second kappa shape index (κ2) is 11.0. The first kappa shape index (κ1) is 25.9. The van der Waals surface area contributed by atoms with Gasteiger partial charge in [0.05, 0.1) is 12.7 Å². The van der Waals surface area contributed by atoms with E-state index in [1.807, 2.05) is 13.8 Å². The number of benzene rings is 2. The number of hydrogen-bond donors (Lipinski definition) is 1. The molecule has 176 valence electrons. The van der Waals surface area contributed by atoms with E-state index in [1.165, 1.54) is 30.3 Å². The van der Waals surface area contributed by atoms with Gasteiger partial charge in [-0.1, -0.05) is 26.5 Å². The van der Waals surface area contributed by atoms with Crippen LogP contribution in [0.25, 0.3) is 5.70 Å². The lowest BCUT2D eigenvalue weighted by Crippen LogP contribution is -2.02. The Bertz CT molecular complexity index is 1100. The predicted octanol–water partition coefficient (Wildman–Crippen LogP) is 7.73. The number of hydrogen-bond acceptors (Lipinski definition) is 5. The fourth-order valence-electron chi connectivity index (χ4n) is 2.58. The molecule has 10 heteroatoms. The summed E-state index contributed by atoms with van der Waals surface area (Å²) in [5, 5.41) is 2.74. The lowest BCUT2D eigenvalue weighted by Gasteiger charge is -2.12. The van der Waals surface area contributed by atoms with Crippen LogP contribution < -0.4 is 10.1 Å². The van der Waals surface area contributed by atoms with Gasteiger partial charge in [-0.25, -0.2) is 13.6 Å². The molecule has 3 aromatic rings. The van der Waals surface area contributed by atoms with Crippen molar-refractivity contribution < 1.29 is 36.2 Å². The Morgan fingerprint density at radius 2 is 1.61 bits per heavy atom. The number of rotatable bonds is 6. The van der Waals surface area contributed by atoms with E-state index in [-0.39, 0.29) is 39.0 Å². The molecule has 3 rings (SSSR count).